The minimum atomic E-state index is -0.0692. The molecule has 0 aromatic carbocycles. The molecule has 0 amide bonds. The fraction of sp³-hybridized carbons (Fsp3) is 0.545. The number of ether oxygens (including phenoxy) is 1. The van der Waals surface area contributed by atoms with Crippen molar-refractivity contribution >= 4 is 17.4 Å². The van der Waals surface area contributed by atoms with E-state index in [4.69, 9.17) is 21.4 Å². The summed E-state index contributed by atoms with van der Waals surface area (Å²) in [6.07, 6.45) is 2.50. The first kappa shape index (κ1) is 13.2. The Morgan fingerprint density at radius 1 is 1.56 bits per heavy atom. The third kappa shape index (κ3) is 3.63. The van der Waals surface area contributed by atoms with E-state index in [0.717, 1.165) is 25.4 Å². The molecule has 16 heavy (non-hydrogen) atoms. The molecule has 0 bridgehead atoms. The lowest BCUT2D eigenvalue weighted by Crippen LogP contribution is -2.21. The first-order valence-corrected chi connectivity index (χ1v) is 5.52. The van der Waals surface area contributed by atoms with Crippen molar-refractivity contribution in [3.05, 3.63) is 22.8 Å². The summed E-state index contributed by atoms with van der Waals surface area (Å²) >= 11 is 5.87. The summed E-state index contributed by atoms with van der Waals surface area (Å²) in [6.45, 7) is 1.51. The smallest absolute Gasteiger partial charge is 0.128 e. The summed E-state index contributed by atoms with van der Waals surface area (Å²) in [6, 6.07) is 1.80. The highest BCUT2D eigenvalue weighted by Gasteiger charge is 2.06. The average molecular weight is 245 g/mol. The summed E-state index contributed by atoms with van der Waals surface area (Å²) in [4.78, 5) is 6.22. The van der Waals surface area contributed by atoms with Gasteiger partial charge >= 0.3 is 0 Å². The van der Waals surface area contributed by atoms with E-state index in [-0.39, 0.29) is 6.61 Å². The van der Waals surface area contributed by atoms with Crippen molar-refractivity contribution in [1.29, 1.82) is 0 Å². The average Bonchev–Trinajstić information content (AvgIpc) is 2.30. The van der Waals surface area contributed by atoms with Crippen LogP contribution in [0.1, 0.15) is 12.0 Å². The molecule has 1 rings (SSSR count). The topological polar surface area (TPSA) is 45.6 Å². The molecular weight excluding hydrogens is 228 g/mol. The van der Waals surface area contributed by atoms with E-state index in [0.29, 0.717) is 10.6 Å². The number of methoxy groups -OCH3 is 1. The van der Waals surface area contributed by atoms with E-state index in [1.54, 1.807) is 19.4 Å². The highest BCUT2D eigenvalue weighted by molar-refractivity contribution is 6.31. The number of aromatic nitrogens is 1. The van der Waals surface area contributed by atoms with E-state index in [1.807, 2.05) is 11.9 Å². The van der Waals surface area contributed by atoms with Crippen LogP contribution in [0.3, 0.4) is 0 Å². The number of aliphatic hydroxyl groups excluding tert-OH is 1. The van der Waals surface area contributed by atoms with Crippen molar-refractivity contribution in [2.45, 2.75) is 13.0 Å². The zero-order valence-corrected chi connectivity index (χ0v) is 10.4. The maximum atomic E-state index is 9.09. The van der Waals surface area contributed by atoms with Crippen LogP contribution < -0.4 is 4.90 Å². The van der Waals surface area contributed by atoms with Gasteiger partial charge in [0.1, 0.15) is 5.82 Å². The highest BCUT2D eigenvalue weighted by Crippen LogP contribution is 2.19. The SMILES string of the molecule is COCCCN(C)c1cc(CO)c(Cl)cn1. The lowest BCUT2D eigenvalue weighted by molar-refractivity contribution is 0.196. The Morgan fingerprint density at radius 3 is 2.94 bits per heavy atom. The van der Waals surface area contributed by atoms with Gasteiger partial charge in [-0.15, -0.1) is 0 Å². The molecule has 0 saturated heterocycles. The van der Waals surface area contributed by atoms with E-state index >= 15 is 0 Å². The Kier molecular flexibility index (Phi) is 5.52. The Bertz CT molecular complexity index is 334. The number of pyridine rings is 1. The third-order valence-electron chi connectivity index (χ3n) is 2.32. The van der Waals surface area contributed by atoms with Crippen molar-refractivity contribution < 1.29 is 9.84 Å². The molecule has 0 atom stereocenters. The number of aliphatic hydroxyl groups is 1. The van der Waals surface area contributed by atoms with Crippen LogP contribution in [0.15, 0.2) is 12.3 Å². The minimum Gasteiger partial charge on any atom is -0.392 e. The van der Waals surface area contributed by atoms with Crippen LogP contribution >= 0.6 is 11.6 Å². The molecule has 5 heteroatoms. The van der Waals surface area contributed by atoms with Crippen LogP contribution in [0.5, 0.6) is 0 Å². The zero-order valence-electron chi connectivity index (χ0n) is 9.61. The van der Waals surface area contributed by atoms with Crippen molar-refractivity contribution in [3.63, 3.8) is 0 Å². The first-order valence-electron chi connectivity index (χ1n) is 5.14. The first-order chi connectivity index (χ1) is 7.69. The Balaban J connectivity index is 2.64. The van der Waals surface area contributed by atoms with Crippen LogP contribution in [0.2, 0.25) is 5.02 Å². The quantitative estimate of drug-likeness (QED) is 0.774. The summed E-state index contributed by atoms with van der Waals surface area (Å²) < 4.78 is 4.98. The van der Waals surface area contributed by atoms with Gasteiger partial charge in [-0.2, -0.15) is 0 Å². The lowest BCUT2D eigenvalue weighted by atomic mass is 10.2. The van der Waals surface area contributed by atoms with Gasteiger partial charge in [-0.25, -0.2) is 4.98 Å². The van der Waals surface area contributed by atoms with Crippen LogP contribution in [0.25, 0.3) is 0 Å². The van der Waals surface area contributed by atoms with E-state index in [2.05, 4.69) is 4.98 Å². The monoisotopic (exact) mass is 244 g/mol. The number of hydrogen-bond acceptors (Lipinski definition) is 4. The summed E-state index contributed by atoms with van der Waals surface area (Å²) in [7, 11) is 3.64. The molecule has 0 spiro atoms. The van der Waals surface area contributed by atoms with Crippen LogP contribution in [-0.4, -0.2) is 37.4 Å². The van der Waals surface area contributed by atoms with Gasteiger partial charge in [0.2, 0.25) is 0 Å². The minimum absolute atomic E-state index is 0.0692. The molecular formula is C11H17ClN2O2. The molecule has 0 radical (unpaired) electrons. The van der Waals surface area contributed by atoms with Gasteiger partial charge in [0, 0.05) is 39.1 Å². The van der Waals surface area contributed by atoms with Gasteiger partial charge < -0.3 is 14.7 Å². The fourth-order valence-corrected chi connectivity index (χ4v) is 1.52. The standard InChI is InChI=1S/C11H17ClN2O2/c1-14(4-3-5-16-2)11-6-9(8-15)10(12)7-13-11/h6-7,15H,3-5,8H2,1-2H3. The normalized spacial score (nSPS) is 10.5. The molecule has 0 aliphatic rings. The molecule has 0 unspecified atom stereocenters. The van der Waals surface area contributed by atoms with Crippen molar-refractivity contribution in [2.24, 2.45) is 0 Å². The number of rotatable bonds is 6. The maximum absolute atomic E-state index is 9.09. The molecule has 0 aliphatic carbocycles. The molecule has 1 aromatic rings. The molecule has 0 saturated carbocycles. The molecule has 0 aliphatic heterocycles. The molecule has 1 aromatic heterocycles. The molecule has 1 N–H and O–H groups in total. The van der Waals surface area contributed by atoms with Gasteiger partial charge in [-0.1, -0.05) is 11.6 Å². The summed E-state index contributed by atoms with van der Waals surface area (Å²) in [5.41, 5.74) is 0.699. The molecule has 1 heterocycles. The van der Waals surface area contributed by atoms with Gasteiger partial charge in [0.05, 0.1) is 11.6 Å². The lowest BCUT2D eigenvalue weighted by Gasteiger charge is -2.18. The number of nitrogens with zero attached hydrogens (tertiary/aromatic N) is 2. The van der Waals surface area contributed by atoms with Gasteiger partial charge in [0.15, 0.2) is 0 Å². The van der Waals surface area contributed by atoms with Crippen LogP contribution in [0.4, 0.5) is 5.82 Å². The summed E-state index contributed by atoms with van der Waals surface area (Å²) in [5.74, 6) is 0.810. The summed E-state index contributed by atoms with van der Waals surface area (Å²) in [5, 5.41) is 9.58. The van der Waals surface area contributed by atoms with Crippen LogP contribution in [0, 0.1) is 0 Å². The third-order valence-corrected chi connectivity index (χ3v) is 2.66. The van der Waals surface area contributed by atoms with Crippen molar-refractivity contribution in [1.82, 2.24) is 4.98 Å². The second kappa shape index (κ2) is 6.68. The molecule has 90 valence electrons. The van der Waals surface area contributed by atoms with E-state index in [1.165, 1.54) is 0 Å². The molecule has 4 nitrogen and oxygen atoms in total. The van der Waals surface area contributed by atoms with Crippen molar-refractivity contribution in [3.8, 4) is 0 Å². The fourth-order valence-electron chi connectivity index (χ4n) is 1.36. The van der Waals surface area contributed by atoms with Crippen molar-refractivity contribution in [2.75, 3.05) is 32.2 Å². The van der Waals surface area contributed by atoms with Gasteiger partial charge in [0.25, 0.3) is 0 Å². The highest BCUT2D eigenvalue weighted by atomic mass is 35.5. The maximum Gasteiger partial charge on any atom is 0.128 e. The predicted molar refractivity (Wildman–Crippen MR) is 64.9 cm³/mol. The van der Waals surface area contributed by atoms with Gasteiger partial charge in [-0.05, 0) is 12.5 Å². The number of hydrogen-bond donors (Lipinski definition) is 1. The van der Waals surface area contributed by atoms with Crippen LogP contribution in [-0.2, 0) is 11.3 Å². The second-order valence-electron chi connectivity index (χ2n) is 3.56. The zero-order chi connectivity index (χ0) is 12.0. The van der Waals surface area contributed by atoms with Gasteiger partial charge in [-0.3, -0.25) is 0 Å². The number of halogens is 1. The number of anilines is 1. The second-order valence-corrected chi connectivity index (χ2v) is 3.97. The van der Waals surface area contributed by atoms with E-state index in [9.17, 15) is 0 Å². The Labute approximate surface area is 101 Å². The Hall–Kier alpha value is -0.840. The largest absolute Gasteiger partial charge is 0.392 e. The Morgan fingerprint density at radius 2 is 2.31 bits per heavy atom. The predicted octanol–water partition coefficient (Wildman–Crippen LogP) is 1.70. The molecule has 0 fully saturated rings. The van der Waals surface area contributed by atoms with E-state index < -0.39 is 0 Å².